The van der Waals surface area contributed by atoms with Gasteiger partial charge in [-0.05, 0) is 43.2 Å². The quantitative estimate of drug-likeness (QED) is 0.894. The van der Waals surface area contributed by atoms with Crippen molar-refractivity contribution in [2.24, 2.45) is 11.8 Å². The van der Waals surface area contributed by atoms with Gasteiger partial charge in [-0.2, -0.15) is 0 Å². The maximum atomic E-state index is 5.97. The van der Waals surface area contributed by atoms with Crippen LogP contribution in [0.5, 0.6) is 0 Å². The Morgan fingerprint density at radius 3 is 2.84 bits per heavy atom. The molecule has 98 valence electrons. The lowest BCUT2D eigenvalue weighted by Gasteiger charge is -2.20. The second-order valence-electron chi connectivity index (χ2n) is 5.80. The number of fused-ring (bicyclic) bond motifs is 2. The summed E-state index contributed by atoms with van der Waals surface area (Å²) in [5.74, 6) is 2.55. The van der Waals surface area contributed by atoms with Crippen LogP contribution in [0.2, 0.25) is 0 Å². The number of nitrogens with zero attached hydrogens (tertiary/aromatic N) is 2. The summed E-state index contributed by atoms with van der Waals surface area (Å²) in [7, 11) is 0. The maximum Gasteiger partial charge on any atom is 0.231 e. The Hall–Kier alpha value is -1.84. The molecule has 4 rings (SSSR count). The smallest absolute Gasteiger partial charge is 0.231 e. The van der Waals surface area contributed by atoms with Gasteiger partial charge in [0.1, 0.15) is 0 Å². The molecule has 2 aliphatic carbocycles. The lowest BCUT2D eigenvalue weighted by Crippen LogP contribution is -2.10. The summed E-state index contributed by atoms with van der Waals surface area (Å²) in [6.45, 7) is 0. The zero-order valence-corrected chi connectivity index (χ0v) is 10.7. The van der Waals surface area contributed by atoms with Crippen LogP contribution in [0.1, 0.15) is 37.3 Å². The first kappa shape index (κ1) is 11.0. The first-order valence-electron chi connectivity index (χ1n) is 6.99. The molecule has 3 atom stereocenters. The van der Waals surface area contributed by atoms with Gasteiger partial charge in [-0.25, -0.2) is 0 Å². The highest BCUT2D eigenvalue weighted by molar-refractivity contribution is 5.72. The SMILES string of the molecule is Nc1onc(C2CC3CCC2C3)c1-c1ccccn1. The van der Waals surface area contributed by atoms with Crippen LogP contribution in [0.15, 0.2) is 28.9 Å². The molecule has 0 aromatic carbocycles. The van der Waals surface area contributed by atoms with Crippen molar-refractivity contribution >= 4 is 5.88 Å². The van der Waals surface area contributed by atoms with Crippen molar-refractivity contribution in [3.63, 3.8) is 0 Å². The molecule has 2 heterocycles. The molecule has 4 heteroatoms. The molecule has 2 fully saturated rings. The molecule has 2 N–H and O–H groups in total. The Kier molecular flexibility index (Phi) is 2.37. The van der Waals surface area contributed by atoms with Crippen LogP contribution in [0.4, 0.5) is 5.88 Å². The number of nitrogen functional groups attached to an aromatic ring is 1. The average Bonchev–Trinajstić information content (AvgIpc) is 3.14. The van der Waals surface area contributed by atoms with Crippen molar-refractivity contribution in [1.82, 2.24) is 10.1 Å². The molecule has 2 saturated carbocycles. The predicted molar refractivity (Wildman–Crippen MR) is 72.3 cm³/mol. The van der Waals surface area contributed by atoms with Gasteiger partial charge in [-0.3, -0.25) is 4.98 Å². The van der Waals surface area contributed by atoms with E-state index in [4.69, 9.17) is 10.3 Å². The summed E-state index contributed by atoms with van der Waals surface area (Å²) in [5, 5.41) is 4.25. The largest absolute Gasteiger partial charge is 0.367 e. The van der Waals surface area contributed by atoms with Gasteiger partial charge in [0.15, 0.2) is 0 Å². The first-order valence-corrected chi connectivity index (χ1v) is 6.99. The third-order valence-corrected chi connectivity index (χ3v) is 4.76. The summed E-state index contributed by atoms with van der Waals surface area (Å²) in [6, 6.07) is 5.85. The minimum absolute atomic E-state index is 0.400. The van der Waals surface area contributed by atoms with Crippen LogP contribution < -0.4 is 5.73 Å². The summed E-state index contributed by atoms with van der Waals surface area (Å²) in [6.07, 6.45) is 7.07. The van der Waals surface area contributed by atoms with E-state index in [-0.39, 0.29) is 0 Å². The van der Waals surface area contributed by atoms with E-state index in [0.717, 1.165) is 28.8 Å². The van der Waals surface area contributed by atoms with E-state index in [1.807, 2.05) is 18.2 Å². The number of anilines is 1. The molecule has 19 heavy (non-hydrogen) atoms. The van der Waals surface area contributed by atoms with Crippen molar-refractivity contribution < 1.29 is 4.52 Å². The second kappa shape index (κ2) is 4.08. The number of rotatable bonds is 2. The number of aromatic nitrogens is 2. The number of pyridine rings is 1. The molecular formula is C15H17N3O. The Morgan fingerprint density at radius 2 is 2.16 bits per heavy atom. The van der Waals surface area contributed by atoms with Crippen LogP contribution in [0.25, 0.3) is 11.3 Å². The summed E-state index contributed by atoms with van der Waals surface area (Å²) < 4.78 is 5.26. The van der Waals surface area contributed by atoms with Gasteiger partial charge in [0, 0.05) is 12.1 Å². The van der Waals surface area contributed by atoms with Gasteiger partial charge in [0.2, 0.25) is 5.88 Å². The van der Waals surface area contributed by atoms with Gasteiger partial charge in [0.25, 0.3) is 0 Å². The Labute approximate surface area is 112 Å². The van der Waals surface area contributed by atoms with Crippen LogP contribution in [-0.2, 0) is 0 Å². The zero-order chi connectivity index (χ0) is 12.8. The topological polar surface area (TPSA) is 64.9 Å². The first-order chi connectivity index (χ1) is 9.33. The Bertz CT molecular complexity index is 593. The number of hydrogen-bond donors (Lipinski definition) is 1. The van der Waals surface area contributed by atoms with Crippen molar-refractivity contribution in [3.05, 3.63) is 30.1 Å². The van der Waals surface area contributed by atoms with Crippen molar-refractivity contribution in [1.29, 1.82) is 0 Å². The van der Waals surface area contributed by atoms with E-state index in [0.29, 0.717) is 11.8 Å². The molecular weight excluding hydrogens is 238 g/mol. The fourth-order valence-electron chi connectivity index (χ4n) is 3.92. The normalized spacial score (nSPS) is 28.9. The van der Waals surface area contributed by atoms with E-state index in [9.17, 15) is 0 Å². The summed E-state index contributed by atoms with van der Waals surface area (Å²) in [4.78, 5) is 4.40. The average molecular weight is 255 g/mol. The van der Waals surface area contributed by atoms with Gasteiger partial charge in [0.05, 0.1) is 17.0 Å². The van der Waals surface area contributed by atoms with Crippen LogP contribution in [-0.4, -0.2) is 10.1 Å². The fourth-order valence-corrected chi connectivity index (χ4v) is 3.92. The second-order valence-corrected chi connectivity index (χ2v) is 5.80. The predicted octanol–water partition coefficient (Wildman–Crippen LogP) is 3.22. The monoisotopic (exact) mass is 255 g/mol. The molecule has 2 aromatic rings. The van der Waals surface area contributed by atoms with Gasteiger partial charge < -0.3 is 10.3 Å². The van der Waals surface area contributed by atoms with Gasteiger partial charge in [-0.15, -0.1) is 0 Å². The lowest BCUT2D eigenvalue weighted by molar-refractivity contribution is 0.375. The fraction of sp³-hybridized carbons (Fsp3) is 0.467. The van der Waals surface area contributed by atoms with E-state index >= 15 is 0 Å². The summed E-state index contributed by atoms with van der Waals surface area (Å²) >= 11 is 0. The van der Waals surface area contributed by atoms with Crippen LogP contribution in [0.3, 0.4) is 0 Å². The van der Waals surface area contributed by atoms with E-state index < -0.39 is 0 Å². The van der Waals surface area contributed by atoms with Crippen LogP contribution in [0, 0.1) is 11.8 Å². The van der Waals surface area contributed by atoms with Gasteiger partial charge >= 0.3 is 0 Å². The van der Waals surface area contributed by atoms with Crippen LogP contribution >= 0.6 is 0 Å². The molecule has 0 saturated heterocycles. The van der Waals surface area contributed by atoms with Crippen molar-refractivity contribution in [3.8, 4) is 11.3 Å². The third kappa shape index (κ3) is 1.66. The van der Waals surface area contributed by atoms with Crippen molar-refractivity contribution in [2.45, 2.75) is 31.6 Å². The molecule has 2 aromatic heterocycles. The summed E-state index contributed by atoms with van der Waals surface area (Å²) in [5.41, 5.74) is 8.79. The number of nitrogens with two attached hydrogens (primary N) is 1. The number of hydrogen-bond acceptors (Lipinski definition) is 4. The molecule has 4 nitrogen and oxygen atoms in total. The Morgan fingerprint density at radius 1 is 1.21 bits per heavy atom. The highest BCUT2D eigenvalue weighted by atomic mass is 16.5. The molecule has 0 aliphatic heterocycles. The molecule has 2 aliphatic rings. The minimum atomic E-state index is 0.400. The standard InChI is InChI=1S/C15H17N3O/c16-15-13(12-3-1-2-6-17-12)14(18-19-15)11-8-9-4-5-10(11)7-9/h1-3,6,9-11H,4-5,7-8,16H2. The van der Waals surface area contributed by atoms with E-state index in [1.165, 1.54) is 25.7 Å². The molecule has 0 amide bonds. The minimum Gasteiger partial charge on any atom is -0.367 e. The van der Waals surface area contributed by atoms with Crippen molar-refractivity contribution in [2.75, 3.05) is 5.73 Å². The molecule has 0 radical (unpaired) electrons. The maximum absolute atomic E-state index is 5.97. The molecule has 0 spiro atoms. The highest BCUT2D eigenvalue weighted by Crippen LogP contribution is 2.54. The molecule has 3 unspecified atom stereocenters. The highest BCUT2D eigenvalue weighted by Gasteiger charge is 2.43. The van der Waals surface area contributed by atoms with E-state index in [2.05, 4.69) is 10.1 Å². The Balaban J connectivity index is 1.78. The van der Waals surface area contributed by atoms with E-state index in [1.54, 1.807) is 6.20 Å². The third-order valence-electron chi connectivity index (χ3n) is 4.76. The zero-order valence-electron chi connectivity index (χ0n) is 10.7. The molecule has 2 bridgehead atoms. The van der Waals surface area contributed by atoms with Gasteiger partial charge in [-0.1, -0.05) is 17.6 Å². The lowest BCUT2D eigenvalue weighted by atomic mass is 9.84.